The van der Waals surface area contributed by atoms with Crippen molar-refractivity contribution in [1.82, 2.24) is 0 Å². The van der Waals surface area contributed by atoms with Crippen LogP contribution < -0.4 is 0 Å². The highest BCUT2D eigenvalue weighted by atomic mass is 19.3. The molecule has 0 spiro atoms. The summed E-state index contributed by atoms with van der Waals surface area (Å²) in [6.07, 6.45) is -0.617. The Bertz CT molecular complexity index is 651. The Morgan fingerprint density at radius 3 is 2.28 bits per heavy atom. The largest absolute Gasteiger partial charge is 0.480 e. The fraction of sp³-hybridized carbons (Fsp3) is 0.214. The van der Waals surface area contributed by atoms with Crippen LogP contribution in [-0.2, 0) is 10.2 Å². The van der Waals surface area contributed by atoms with Crippen LogP contribution in [0, 0.1) is 0 Å². The quantitative estimate of drug-likeness (QED) is 0.886. The second-order valence-electron chi connectivity index (χ2n) is 4.65. The van der Waals surface area contributed by atoms with Crippen molar-refractivity contribution in [2.45, 2.75) is 17.8 Å². The maximum absolute atomic E-state index is 13.4. The van der Waals surface area contributed by atoms with Crippen molar-refractivity contribution < 1.29 is 18.7 Å². The summed E-state index contributed by atoms with van der Waals surface area (Å²) in [4.78, 5) is 11.2. The molecule has 0 heterocycles. The van der Waals surface area contributed by atoms with Gasteiger partial charge in [-0.25, -0.2) is 8.78 Å². The number of carbonyl (C=O) groups is 1. The van der Waals surface area contributed by atoms with Gasteiger partial charge in [0.25, 0.3) is 5.92 Å². The number of alkyl halides is 2. The average Bonchev–Trinajstić information content (AvgIpc) is 2.93. The molecule has 1 unspecified atom stereocenters. The van der Waals surface area contributed by atoms with E-state index in [0.717, 1.165) is 10.8 Å². The summed E-state index contributed by atoms with van der Waals surface area (Å²) in [6.45, 7) is 0. The molecule has 1 fully saturated rings. The van der Waals surface area contributed by atoms with Crippen LogP contribution in [0.2, 0.25) is 0 Å². The molecular weight excluding hydrogens is 238 g/mol. The van der Waals surface area contributed by atoms with Gasteiger partial charge in [0.1, 0.15) is 0 Å². The van der Waals surface area contributed by atoms with Crippen molar-refractivity contribution in [1.29, 1.82) is 0 Å². The van der Waals surface area contributed by atoms with Gasteiger partial charge < -0.3 is 5.11 Å². The molecule has 0 bridgehead atoms. The minimum absolute atomic E-state index is 0.179. The van der Waals surface area contributed by atoms with Crippen LogP contribution in [0.25, 0.3) is 10.8 Å². The number of aliphatic carboxylic acids is 1. The zero-order valence-electron chi connectivity index (χ0n) is 9.36. The molecule has 2 nitrogen and oxygen atoms in total. The van der Waals surface area contributed by atoms with Gasteiger partial charge in [0.2, 0.25) is 0 Å². The lowest BCUT2D eigenvalue weighted by Crippen LogP contribution is -2.26. The Morgan fingerprint density at radius 2 is 1.72 bits per heavy atom. The van der Waals surface area contributed by atoms with Gasteiger partial charge in [0, 0.05) is 6.42 Å². The smallest absolute Gasteiger partial charge is 0.320 e. The van der Waals surface area contributed by atoms with E-state index in [1.807, 2.05) is 12.1 Å². The lowest BCUT2D eigenvalue weighted by molar-refractivity contribution is -0.142. The average molecular weight is 248 g/mol. The van der Waals surface area contributed by atoms with Crippen LogP contribution in [-0.4, -0.2) is 17.0 Å². The monoisotopic (exact) mass is 248 g/mol. The Kier molecular flexibility index (Phi) is 2.03. The predicted octanol–water partition coefficient (Wildman–Crippen LogP) is 3.20. The summed E-state index contributed by atoms with van der Waals surface area (Å²) >= 11 is 0. The summed E-state index contributed by atoms with van der Waals surface area (Å²) in [5.74, 6) is -4.61. The van der Waals surface area contributed by atoms with E-state index in [-0.39, 0.29) is 5.56 Å². The third-order valence-corrected chi connectivity index (χ3v) is 3.59. The molecule has 1 saturated carbocycles. The first-order chi connectivity index (χ1) is 8.47. The van der Waals surface area contributed by atoms with Crippen molar-refractivity contribution >= 4 is 16.7 Å². The van der Waals surface area contributed by atoms with E-state index in [0.29, 0.717) is 0 Å². The fourth-order valence-corrected chi connectivity index (χ4v) is 2.41. The Hall–Kier alpha value is -1.97. The molecule has 3 rings (SSSR count). The first kappa shape index (κ1) is 11.1. The number of halogens is 2. The standard InChI is InChI=1S/C14H10F2O2/c15-14(16)8-13(14,12(17)18)11-6-5-9-3-1-2-4-10(9)7-11/h1-7H,8H2,(H,17,18). The van der Waals surface area contributed by atoms with Crippen molar-refractivity contribution in [2.24, 2.45) is 0 Å². The van der Waals surface area contributed by atoms with Crippen molar-refractivity contribution in [3.63, 3.8) is 0 Å². The molecule has 0 amide bonds. The van der Waals surface area contributed by atoms with Crippen LogP contribution in [0.15, 0.2) is 42.5 Å². The van der Waals surface area contributed by atoms with E-state index in [9.17, 15) is 13.6 Å². The Balaban J connectivity index is 2.18. The van der Waals surface area contributed by atoms with Crippen molar-refractivity contribution in [3.05, 3.63) is 48.0 Å². The number of carboxylic acid groups (broad SMARTS) is 1. The van der Waals surface area contributed by atoms with Gasteiger partial charge in [0.15, 0.2) is 5.41 Å². The van der Waals surface area contributed by atoms with E-state index < -0.39 is 23.7 Å². The zero-order chi connectivity index (χ0) is 13.0. The molecule has 4 heteroatoms. The number of carboxylic acids is 1. The third kappa shape index (κ3) is 1.29. The highest BCUT2D eigenvalue weighted by Gasteiger charge is 2.77. The number of rotatable bonds is 2. The van der Waals surface area contributed by atoms with Gasteiger partial charge in [-0.1, -0.05) is 36.4 Å². The lowest BCUT2D eigenvalue weighted by atomic mass is 9.93. The number of benzene rings is 2. The van der Waals surface area contributed by atoms with Gasteiger partial charge in [-0.2, -0.15) is 0 Å². The van der Waals surface area contributed by atoms with E-state index in [4.69, 9.17) is 5.11 Å². The summed E-state index contributed by atoms with van der Waals surface area (Å²) in [5, 5.41) is 10.8. The molecule has 2 aromatic carbocycles. The van der Waals surface area contributed by atoms with Crippen LogP contribution in [0.1, 0.15) is 12.0 Å². The van der Waals surface area contributed by atoms with Gasteiger partial charge in [-0.05, 0) is 22.4 Å². The fourth-order valence-electron chi connectivity index (χ4n) is 2.41. The van der Waals surface area contributed by atoms with Crippen LogP contribution in [0.3, 0.4) is 0 Å². The Morgan fingerprint density at radius 1 is 1.11 bits per heavy atom. The van der Waals surface area contributed by atoms with Gasteiger partial charge in [-0.3, -0.25) is 4.79 Å². The third-order valence-electron chi connectivity index (χ3n) is 3.59. The number of fused-ring (bicyclic) bond motifs is 1. The molecule has 2 aromatic rings. The normalized spacial score (nSPS) is 25.0. The predicted molar refractivity (Wildman–Crippen MR) is 62.8 cm³/mol. The summed E-state index contributed by atoms with van der Waals surface area (Å²) < 4.78 is 26.8. The maximum Gasteiger partial charge on any atom is 0.320 e. The summed E-state index contributed by atoms with van der Waals surface area (Å²) in [5.41, 5.74) is -1.85. The van der Waals surface area contributed by atoms with Crippen LogP contribution >= 0.6 is 0 Å². The van der Waals surface area contributed by atoms with Gasteiger partial charge in [-0.15, -0.1) is 0 Å². The van der Waals surface area contributed by atoms with Gasteiger partial charge >= 0.3 is 5.97 Å². The molecule has 92 valence electrons. The molecule has 0 saturated heterocycles. The minimum Gasteiger partial charge on any atom is -0.480 e. The number of hydrogen-bond acceptors (Lipinski definition) is 1. The lowest BCUT2D eigenvalue weighted by Gasteiger charge is -2.12. The van der Waals surface area contributed by atoms with E-state index in [2.05, 4.69) is 0 Å². The van der Waals surface area contributed by atoms with Crippen molar-refractivity contribution in [2.75, 3.05) is 0 Å². The van der Waals surface area contributed by atoms with E-state index in [1.54, 1.807) is 24.3 Å². The molecular formula is C14H10F2O2. The molecule has 18 heavy (non-hydrogen) atoms. The topological polar surface area (TPSA) is 37.3 Å². The molecule has 1 aliphatic carbocycles. The molecule has 1 aliphatic rings. The van der Waals surface area contributed by atoms with E-state index in [1.165, 1.54) is 6.07 Å². The molecule has 1 atom stereocenters. The van der Waals surface area contributed by atoms with Gasteiger partial charge in [0.05, 0.1) is 0 Å². The highest BCUT2D eigenvalue weighted by Crippen LogP contribution is 2.61. The molecule has 0 radical (unpaired) electrons. The minimum atomic E-state index is -3.15. The van der Waals surface area contributed by atoms with Crippen molar-refractivity contribution in [3.8, 4) is 0 Å². The number of hydrogen-bond donors (Lipinski definition) is 1. The summed E-state index contributed by atoms with van der Waals surface area (Å²) in [7, 11) is 0. The second-order valence-corrected chi connectivity index (χ2v) is 4.65. The first-order valence-corrected chi connectivity index (χ1v) is 5.58. The van der Waals surface area contributed by atoms with E-state index >= 15 is 0 Å². The zero-order valence-corrected chi connectivity index (χ0v) is 9.36. The van der Waals surface area contributed by atoms with Crippen LogP contribution in [0.4, 0.5) is 8.78 Å². The molecule has 0 aromatic heterocycles. The second kappa shape index (κ2) is 3.28. The SMILES string of the molecule is O=C(O)C1(c2ccc3ccccc3c2)CC1(F)F. The first-order valence-electron chi connectivity index (χ1n) is 5.58. The molecule has 0 aliphatic heterocycles. The summed E-state index contributed by atoms with van der Waals surface area (Å²) in [6, 6.07) is 12.0. The maximum atomic E-state index is 13.4. The molecule has 1 N–H and O–H groups in total. The van der Waals surface area contributed by atoms with Crippen LogP contribution in [0.5, 0.6) is 0 Å². The Labute approximate surface area is 102 Å². The highest BCUT2D eigenvalue weighted by molar-refractivity contribution is 5.91.